The first-order valence-corrected chi connectivity index (χ1v) is 9.74. The summed E-state index contributed by atoms with van der Waals surface area (Å²) in [5.74, 6) is -0.456. The number of nitrogens with zero attached hydrogens (tertiary/aromatic N) is 3. The first kappa shape index (κ1) is 22.4. The number of halogens is 4. The smallest absolute Gasteiger partial charge is 0.423 e. The molecule has 2 aromatic heterocycles. The molecule has 0 spiro atoms. The molecule has 0 bridgehead atoms. The minimum atomic E-state index is -4.97. The van der Waals surface area contributed by atoms with Gasteiger partial charge in [0.25, 0.3) is 0 Å². The fraction of sp³-hybridized carbons (Fsp3) is 0.174. The second kappa shape index (κ2) is 8.28. The van der Waals surface area contributed by atoms with Gasteiger partial charge in [-0.05, 0) is 34.9 Å². The van der Waals surface area contributed by atoms with Crippen LogP contribution in [0.4, 0.5) is 17.6 Å². The van der Waals surface area contributed by atoms with E-state index in [0.717, 1.165) is 17.0 Å². The van der Waals surface area contributed by atoms with Gasteiger partial charge in [-0.3, -0.25) is 0 Å². The van der Waals surface area contributed by atoms with Crippen LogP contribution in [-0.4, -0.2) is 26.3 Å². The molecule has 1 unspecified atom stereocenters. The van der Waals surface area contributed by atoms with Crippen molar-refractivity contribution in [3.63, 3.8) is 0 Å². The van der Waals surface area contributed by atoms with Crippen LogP contribution < -0.4 is 5.63 Å². The quantitative estimate of drug-likeness (QED) is 0.260. The minimum Gasteiger partial charge on any atom is -0.423 e. The monoisotopic (exact) mass is 459 g/mol. The number of aliphatic hydroxyl groups is 1. The minimum absolute atomic E-state index is 0.00112. The van der Waals surface area contributed by atoms with E-state index >= 15 is 0 Å². The van der Waals surface area contributed by atoms with Crippen molar-refractivity contribution in [1.82, 2.24) is 15.0 Å². The zero-order chi connectivity index (χ0) is 23.8. The SMILES string of the molecule is C=CCC(O)(c1cn(Cc2ccc3c(-c4cccc(F)c4)cc(=O)oc3c2)nn1)C(F)(F)F. The normalized spacial score (nSPS) is 13.7. The lowest BCUT2D eigenvalue weighted by atomic mass is 9.95. The average molecular weight is 459 g/mol. The molecule has 4 rings (SSSR count). The fourth-order valence-electron chi connectivity index (χ4n) is 3.53. The Morgan fingerprint density at radius 3 is 2.64 bits per heavy atom. The highest BCUT2D eigenvalue weighted by molar-refractivity contribution is 5.93. The molecule has 0 amide bonds. The Labute approximate surface area is 184 Å². The van der Waals surface area contributed by atoms with E-state index in [1.54, 1.807) is 24.3 Å². The number of hydrogen-bond donors (Lipinski definition) is 1. The summed E-state index contributed by atoms with van der Waals surface area (Å²) in [6, 6.07) is 11.9. The number of fused-ring (bicyclic) bond motifs is 1. The van der Waals surface area contributed by atoms with Crippen molar-refractivity contribution in [2.24, 2.45) is 0 Å². The van der Waals surface area contributed by atoms with Crippen LogP contribution in [0.3, 0.4) is 0 Å². The van der Waals surface area contributed by atoms with Crippen molar-refractivity contribution in [3.8, 4) is 11.1 Å². The first-order chi connectivity index (χ1) is 15.6. The Bertz CT molecular complexity index is 1390. The lowest BCUT2D eigenvalue weighted by molar-refractivity contribution is -0.266. The van der Waals surface area contributed by atoms with Gasteiger partial charge in [0.15, 0.2) is 0 Å². The average Bonchev–Trinajstić information content (AvgIpc) is 3.21. The Kier molecular flexibility index (Phi) is 5.62. The summed E-state index contributed by atoms with van der Waals surface area (Å²) >= 11 is 0. The van der Waals surface area contributed by atoms with E-state index in [0.29, 0.717) is 22.1 Å². The van der Waals surface area contributed by atoms with Gasteiger partial charge in [0.2, 0.25) is 5.60 Å². The number of alkyl halides is 3. The highest BCUT2D eigenvalue weighted by Gasteiger charge is 2.56. The van der Waals surface area contributed by atoms with E-state index < -0.39 is 35.3 Å². The van der Waals surface area contributed by atoms with Crippen molar-refractivity contribution < 1.29 is 27.1 Å². The first-order valence-electron chi connectivity index (χ1n) is 9.74. The van der Waals surface area contributed by atoms with Crippen molar-refractivity contribution in [2.75, 3.05) is 0 Å². The summed E-state index contributed by atoms with van der Waals surface area (Å²) in [6.07, 6.45) is -3.80. The lowest BCUT2D eigenvalue weighted by Crippen LogP contribution is -2.42. The molecule has 1 atom stereocenters. The van der Waals surface area contributed by atoms with Crippen LogP contribution in [0.2, 0.25) is 0 Å². The number of rotatable bonds is 6. The van der Waals surface area contributed by atoms with Gasteiger partial charge in [-0.2, -0.15) is 13.2 Å². The molecule has 0 aliphatic carbocycles. The molecule has 4 aromatic rings. The van der Waals surface area contributed by atoms with Crippen molar-refractivity contribution in [3.05, 3.63) is 94.9 Å². The van der Waals surface area contributed by atoms with Crippen LogP contribution in [0.5, 0.6) is 0 Å². The van der Waals surface area contributed by atoms with Gasteiger partial charge in [-0.25, -0.2) is 13.9 Å². The van der Waals surface area contributed by atoms with Gasteiger partial charge >= 0.3 is 11.8 Å². The summed E-state index contributed by atoms with van der Waals surface area (Å²) in [5.41, 5.74) is -2.75. The Hall–Kier alpha value is -3.79. The van der Waals surface area contributed by atoms with Crippen LogP contribution >= 0.6 is 0 Å². The zero-order valence-corrected chi connectivity index (χ0v) is 17.0. The van der Waals surface area contributed by atoms with E-state index in [9.17, 15) is 27.5 Å². The molecule has 2 heterocycles. The van der Waals surface area contributed by atoms with E-state index in [1.165, 1.54) is 24.3 Å². The van der Waals surface area contributed by atoms with Gasteiger partial charge in [-0.1, -0.05) is 35.6 Å². The van der Waals surface area contributed by atoms with E-state index in [2.05, 4.69) is 16.9 Å². The lowest BCUT2D eigenvalue weighted by Gasteiger charge is -2.26. The highest BCUT2D eigenvalue weighted by Crippen LogP contribution is 2.40. The molecular formula is C23H17F4N3O3. The Balaban J connectivity index is 1.69. The van der Waals surface area contributed by atoms with Gasteiger partial charge in [0.05, 0.1) is 12.7 Å². The molecule has 1 N–H and O–H groups in total. The van der Waals surface area contributed by atoms with Crippen LogP contribution in [-0.2, 0) is 12.1 Å². The highest BCUT2D eigenvalue weighted by atomic mass is 19.4. The van der Waals surface area contributed by atoms with Gasteiger partial charge in [0, 0.05) is 17.9 Å². The van der Waals surface area contributed by atoms with Crippen LogP contribution in [0.1, 0.15) is 17.7 Å². The Morgan fingerprint density at radius 2 is 1.94 bits per heavy atom. The summed E-state index contributed by atoms with van der Waals surface area (Å²) < 4.78 is 60.2. The zero-order valence-electron chi connectivity index (χ0n) is 17.0. The second-order valence-electron chi connectivity index (χ2n) is 7.47. The van der Waals surface area contributed by atoms with Crippen molar-refractivity contribution in [2.45, 2.75) is 24.7 Å². The standard InChI is InChI=1S/C23H17F4N3O3/c1-2-8-22(32,23(25,26)27)20-13-30(29-28-20)12-14-6-7-17-18(11-21(31)33-19(17)9-14)15-4-3-5-16(24)10-15/h2-7,9-11,13,32H,1,8,12H2. The molecule has 10 heteroatoms. The predicted octanol–water partition coefficient (Wildman–Crippen LogP) is 4.56. The molecule has 0 fully saturated rings. The summed E-state index contributed by atoms with van der Waals surface area (Å²) in [6.45, 7) is 3.26. The molecular weight excluding hydrogens is 442 g/mol. The van der Waals surface area contributed by atoms with Gasteiger partial charge < -0.3 is 9.52 Å². The fourth-order valence-corrected chi connectivity index (χ4v) is 3.53. The third-order valence-corrected chi connectivity index (χ3v) is 5.16. The molecule has 170 valence electrons. The van der Waals surface area contributed by atoms with E-state index in [-0.39, 0.29) is 12.1 Å². The third-order valence-electron chi connectivity index (χ3n) is 5.16. The van der Waals surface area contributed by atoms with E-state index in [1.807, 2.05) is 0 Å². The van der Waals surface area contributed by atoms with Crippen molar-refractivity contribution >= 4 is 11.0 Å². The summed E-state index contributed by atoms with van der Waals surface area (Å²) in [5, 5.41) is 17.9. The molecule has 0 saturated carbocycles. The molecule has 33 heavy (non-hydrogen) atoms. The topological polar surface area (TPSA) is 81.2 Å². The summed E-state index contributed by atoms with van der Waals surface area (Å²) in [4.78, 5) is 12.1. The van der Waals surface area contributed by atoms with Crippen molar-refractivity contribution in [1.29, 1.82) is 0 Å². The molecule has 0 radical (unpaired) electrons. The maximum atomic E-state index is 13.7. The predicted molar refractivity (Wildman–Crippen MR) is 112 cm³/mol. The Morgan fingerprint density at radius 1 is 1.15 bits per heavy atom. The van der Waals surface area contributed by atoms with Gasteiger partial charge in [0.1, 0.15) is 17.1 Å². The van der Waals surface area contributed by atoms with Crippen LogP contribution in [0.15, 0.2) is 76.6 Å². The number of hydrogen-bond acceptors (Lipinski definition) is 5. The molecule has 0 saturated heterocycles. The molecule has 2 aromatic carbocycles. The maximum absolute atomic E-state index is 13.7. The number of benzene rings is 2. The molecule has 0 aliphatic rings. The van der Waals surface area contributed by atoms with Gasteiger partial charge in [-0.15, -0.1) is 11.7 Å². The summed E-state index contributed by atoms with van der Waals surface area (Å²) in [7, 11) is 0. The maximum Gasteiger partial charge on any atom is 0.423 e. The molecule has 6 nitrogen and oxygen atoms in total. The van der Waals surface area contributed by atoms with Crippen LogP contribution in [0.25, 0.3) is 22.1 Å². The van der Waals surface area contributed by atoms with E-state index in [4.69, 9.17) is 4.42 Å². The van der Waals surface area contributed by atoms with Crippen LogP contribution in [0, 0.1) is 5.82 Å². The largest absolute Gasteiger partial charge is 0.423 e. The third kappa shape index (κ3) is 4.29. The second-order valence-corrected chi connectivity index (χ2v) is 7.47. The molecule has 0 aliphatic heterocycles. The number of aromatic nitrogens is 3.